The first-order chi connectivity index (χ1) is 16.0. The Morgan fingerprint density at radius 3 is 2.41 bits per heavy atom. The molecule has 0 radical (unpaired) electrons. The predicted molar refractivity (Wildman–Crippen MR) is 122 cm³/mol. The Hall–Kier alpha value is -3.62. The lowest BCUT2D eigenvalue weighted by Gasteiger charge is -2.38. The monoisotopic (exact) mass is 468 g/mol. The van der Waals surface area contributed by atoms with Crippen molar-refractivity contribution in [2.45, 2.75) is 57.0 Å². The minimum absolute atomic E-state index is 0.0109. The number of nitrogens with zero attached hydrogens (tertiary/aromatic N) is 3. The van der Waals surface area contributed by atoms with Gasteiger partial charge in [-0.25, -0.2) is 13.8 Å². The van der Waals surface area contributed by atoms with Gasteiger partial charge in [0.2, 0.25) is 5.91 Å². The SMILES string of the molecule is CC(C)(C)c1ccc(N(C(=O)c2cocn2)C(C(=O)NC2CC(F)(F)C2)c2cccnc2)cc1. The van der Waals surface area contributed by atoms with E-state index >= 15 is 0 Å². The molecule has 1 N–H and O–H groups in total. The van der Waals surface area contributed by atoms with E-state index in [2.05, 4.69) is 36.1 Å². The van der Waals surface area contributed by atoms with E-state index in [1.54, 1.807) is 30.5 Å². The molecular formula is C25H26F2N4O3. The number of alkyl halides is 2. The van der Waals surface area contributed by atoms with E-state index in [1.165, 1.54) is 17.4 Å². The molecule has 3 aromatic rings. The summed E-state index contributed by atoms with van der Waals surface area (Å²) in [7, 11) is 0. The molecular weight excluding hydrogens is 442 g/mol. The van der Waals surface area contributed by atoms with Crippen LogP contribution in [0.1, 0.15) is 61.3 Å². The topological polar surface area (TPSA) is 88.3 Å². The Morgan fingerprint density at radius 2 is 1.88 bits per heavy atom. The van der Waals surface area contributed by atoms with Crippen LogP contribution in [0.2, 0.25) is 0 Å². The fraction of sp³-hybridized carbons (Fsp3) is 0.360. The van der Waals surface area contributed by atoms with Gasteiger partial charge in [0.15, 0.2) is 12.1 Å². The Bertz CT molecular complexity index is 1140. The molecule has 178 valence electrons. The molecule has 2 heterocycles. The van der Waals surface area contributed by atoms with Crippen LogP contribution in [0.3, 0.4) is 0 Å². The molecule has 0 aliphatic heterocycles. The highest BCUT2D eigenvalue weighted by molar-refractivity contribution is 6.09. The lowest BCUT2D eigenvalue weighted by atomic mass is 9.87. The molecule has 1 aliphatic rings. The normalized spacial score (nSPS) is 16.4. The number of oxazole rings is 1. The number of hydrogen-bond acceptors (Lipinski definition) is 5. The Labute approximate surface area is 196 Å². The van der Waals surface area contributed by atoms with Crippen molar-refractivity contribution in [1.29, 1.82) is 0 Å². The number of rotatable bonds is 6. The average Bonchev–Trinajstić information content (AvgIpc) is 3.31. The minimum atomic E-state index is -2.79. The molecule has 0 bridgehead atoms. The van der Waals surface area contributed by atoms with E-state index in [0.29, 0.717) is 11.3 Å². The van der Waals surface area contributed by atoms with Crippen LogP contribution in [-0.2, 0) is 10.2 Å². The standard InChI is InChI=1S/C25H26F2N4O3/c1-24(2,3)17-6-8-19(9-7-17)31(23(33)20-14-34-15-29-20)21(16-5-4-10-28-13-16)22(32)30-18-11-25(26,27)12-18/h4-10,13-15,18,21H,11-12H2,1-3H3,(H,30,32). The molecule has 7 nitrogen and oxygen atoms in total. The quantitative estimate of drug-likeness (QED) is 0.568. The summed E-state index contributed by atoms with van der Waals surface area (Å²) in [6.07, 6.45) is 4.48. The van der Waals surface area contributed by atoms with Crippen LogP contribution in [0, 0.1) is 0 Å². The second-order valence-electron chi connectivity index (χ2n) is 9.50. The van der Waals surface area contributed by atoms with E-state index in [1.807, 2.05) is 12.1 Å². The van der Waals surface area contributed by atoms with Gasteiger partial charge < -0.3 is 9.73 Å². The van der Waals surface area contributed by atoms with Crippen LogP contribution in [0.5, 0.6) is 0 Å². The summed E-state index contributed by atoms with van der Waals surface area (Å²) in [5, 5.41) is 2.67. The van der Waals surface area contributed by atoms with Gasteiger partial charge in [0, 0.05) is 42.5 Å². The van der Waals surface area contributed by atoms with Gasteiger partial charge in [0.05, 0.1) is 0 Å². The first-order valence-electron chi connectivity index (χ1n) is 11.0. The molecule has 1 unspecified atom stereocenters. The van der Waals surface area contributed by atoms with Crippen molar-refractivity contribution in [3.05, 3.63) is 78.3 Å². The van der Waals surface area contributed by atoms with Crippen LogP contribution in [0.25, 0.3) is 0 Å². The predicted octanol–water partition coefficient (Wildman–Crippen LogP) is 4.67. The molecule has 1 saturated carbocycles. The lowest BCUT2D eigenvalue weighted by molar-refractivity contribution is -0.130. The fourth-order valence-electron chi connectivity index (χ4n) is 3.95. The highest BCUT2D eigenvalue weighted by Gasteiger charge is 2.47. The van der Waals surface area contributed by atoms with Crippen LogP contribution in [0.15, 0.2) is 65.9 Å². The third kappa shape index (κ3) is 4.98. The number of aromatic nitrogens is 2. The largest absolute Gasteiger partial charge is 0.451 e. The molecule has 0 saturated heterocycles. The van der Waals surface area contributed by atoms with Crippen molar-refractivity contribution in [3.63, 3.8) is 0 Å². The minimum Gasteiger partial charge on any atom is -0.451 e. The number of hydrogen-bond donors (Lipinski definition) is 1. The number of nitrogens with one attached hydrogen (secondary N) is 1. The molecule has 1 atom stereocenters. The fourth-order valence-corrected chi connectivity index (χ4v) is 3.95. The number of anilines is 1. The van der Waals surface area contributed by atoms with E-state index in [-0.39, 0.29) is 11.1 Å². The molecule has 2 aromatic heterocycles. The maximum Gasteiger partial charge on any atom is 0.281 e. The highest BCUT2D eigenvalue weighted by Crippen LogP contribution is 2.38. The van der Waals surface area contributed by atoms with Crippen molar-refractivity contribution in [1.82, 2.24) is 15.3 Å². The molecule has 34 heavy (non-hydrogen) atoms. The number of benzene rings is 1. The number of amides is 2. The summed E-state index contributed by atoms with van der Waals surface area (Å²) in [6.45, 7) is 6.21. The summed E-state index contributed by atoms with van der Waals surface area (Å²) < 4.78 is 31.8. The smallest absolute Gasteiger partial charge is 0.281 e. The van der Waals surface area contributed by atoms with Crippen LogP contribution in [-0.4, -0.2) is 33.7 Å². The first kappa shape index (κ1) is 23.5. The van der Waals surface area contributed by atoms with Crippen molar-refractivity contribution in [2.24, 2.45) is 0 Å². The third-order valence-corrected chi connectivity index (χ3v) is 5.82. The summed E-state index contributed by atoms with van der Waals surface area (Å²) >= 11 is 0. The maximum absolute atomic E-state index is 13.6. The van der Waals surface area contributed by atoms with Gasteiger partial charge in [-0.1, -0.05) is 39.0 Å². The van der Waals surface area contributed by atoms with Gasteiger partial charge in [-0.15, -0.1) is 0 Å². The number of halogens is 2. The van der Waals surface area contributed by atoms with Gasteiger partial charge in [-0.3, -0.25) is 19.5 Å². The Morgan fingerprint density at radius 1 is 1.18 bits per heavy atom. The summed E-state index contributed by atoms with van der Waals surface area (Å²) in [5.74, 6) is -3.94. The molecule has 1 aromatic carbocycles. The number of carbonyl (C=O) groups is 2. The van der Waals surface area contributed by atoms with E-state index in [0.717, 1.165) is 12.0 Å². The van der Waals surface area contributed by atoms with Gasteiger partial charge >= 0.3 is 0 Å². The molecule has 1 aliphatic carbocycles. The van der Waals surface area contributed by atoms with Gasteiger partial charge in [0.1, 0.15) is 12.3 Å². The molecule has 1 fully saturated rings. The molecule has 9 heteroatoms. The second-order valence-corrected chi connectivity index (χ2v) is 9.50. The molecule has 0 spiro atoms. The summed E-state index contributed by atoms with van der Waals surface area (Å²) in [6, 6.07) is 8.78. The van der Waals surface area contributed by atoms with Crippen molar-refractivity contribution in [2.75, 3.05) is 4.90 Å². The lowest BCUT2D eigenvalue weighted by Crippen LogP contribution is -2.54. The van der Waals surface area contributed by atoms with E-state index < -0.39 is 42.7 Å². The van der Waals surface area contributed by atoms with Crippen LogP contribution in [0.4, 0.5) is 14.5 Å². The van der Waals surface area contributed by atoms with Gasteiger partial charge in [0.25, 0.3) is 11.8 Å². The van der Waals surface area contributed by atoms with Crippen molar-refractivity contribution in [3.8, 4) is 0 Å². The Balaban J connectivity index is 1.76. The van der Waals surface area contributed by atoms with Crippen molar-refractivity contribution >= 4 is 17.5 Å². The van der Waals surface area contributed by atoms with Crippen molar-refractivity contribution < 1.29 is 22.8 Å². The van der Waals surface area contributed by atoms with Gasteiger partial charge in [-0.2, -0.15) is 0 Å². The second kappa shape index (κ2) is 8.96. The number of carbonyl (C=O) groups excluding carboxylic acids is 2. The molecule has 4 rings (SSSR count). The van der Waals surface area contributed by atoms with Crippen LogP contribution < -0.4 is 10.2 Å². The first-order valence-corrected chi connectivity index (χ1v) is 11.0. The molecule has 2 amide bonds. The summed E-state index contributed by atoms with van der Waals surface area (Å²) in [4.78, 5) is 36.4. The van der Waals surface area contributed by atoms with E-state index in [9.17, 15) is 18.4 Å². The maximum atomic E-state index is 13.6. The zero-order valence-electron chi connectivity index (χ0n) is 19.2. The number of pyridine rings is 1. The zero-order chi connectivity index (χ0) is 24.5. The summed E-state index contributed by atoms with van der Waals surface area (Å²) in [5.41, 5.74) is 1.82. The van der Waals surface area contributed by atoms with Crippen LogP contribution >= 0.6 is 0 Å². The zero-order valence-corrected chi connectivity index (χ0v) is 19.2. The highest BCUT2D eigenvalue weighted by atomic mass is 19.3. The third-order valence-electron chi connectivity index (χ3n) is 5.82. The van der Waals surface area contributed by atoms with Gasteiger partial charge in [-0.05, 0) is 29.2 Å². The van der Waals surface area contributed by atoms with E-state index in [4.69, 9.17) is 4.42 Å². The average molecular weight is 469 g/mol. The Kier molecular flexibility index (Phi) is 6.20.